The van der Waals surface area contributed by atoms with Gasteiger partial charge in [0.15, 0.2) is 15.8 Å². The van der Waals surface area contributed by atoms with Gasteiger partial charge in [0, 0.05) is 21.4 Å². The summed E-state index contributed by atoms with van der Waals surface area (Å²) >= 11 is 14.9. The lowest BCUT2D eigenvalue weighted by atomic mass is 9.95. The number of thioether (sulfide) groups is 1. The van der Waals surface area contributed by atoms with Gasteiger partial charge in [0.1, 0.15) is 5.76 Å². The van der Waals surface area contributed by atoms with Gasteiger partial charge in [0.25, 0.3) is 5.78 Å². The third kappa shape index (κ3) is 7.30. The zero-order valence-corrected chi connectivity index (χ0v) is 28.0. The van der Waals surface area contributed by atoms with Gasteiger partial charge in [-0.25, -0.2) is 0 Å². The van der Waals surface area contributed by atoms with Crippen LogP contribution >= 0.6 is 46.3 Å². The van der Waals surface area contributed by atoms with Crippen LogP contribution in [0.15, 0.2) is 70.6 Å². The molecular formula is C33H31Cl2N3O5S2. The molecule has 1 aliphatic rings. The molecule has 1 amide bonds. The second-order valence-corrected chi connectivity index (χ2v) is 13.4. The van der Waals surface area contributed by atoms with E-state index in [2.05, 4.69) is 17.1 Å². The van der Waals surface area contributed by atoms with E-state index in [0.29, 0.717) is 49.4 Å². The molecule has 1 aromatic heterocycles. The zero-order valence-electron chi connectivity index (χ0n) is 24.9. The molecule has 1 unspecified atom stereocenters. The molecule has 45 heavy (non-hydrogen) atoms. The highest BCUT2D eigenvalue weighted by Gasteiger charge is 2.48. The van der Waals surface area contributed by atoms with E-state index < -0.39 is 17.7 Å². The summed E-state index contributed by atoms with van der Waals surface area (Å²) in [5.74, 6) is -0.440. The van der Waals surface area contributed by atoms with Crippen molar-refractivity contribution in [1.82, 2.24) is 10.2 Å². The van der Waals surface area contributed by atoms with Gasteiger partial charge in [-0.05, 0) is 48.7 Å². The normalized spacial score (nSPS) is 15.9. The van der Waals surface area contributed by atoms with Crippen LogP contribution in [0.5, 0.6) is 11.5 Å². The number of aliphatic hydroxyl groups is 1. The maximum atomic E-state index is 13.7. The summed E-state index contributed by atoms with van der Waals surface area (Å²) in [5, 5.41) is 21.3. The molecule has 12 heteroatoms. The number of aromatic nitrogens is 2. The molecule has 1 aliphatic heterocycles. The highest BCUT2D eigenvalue weighted by Crippen LogP contribution is 2.46. The molecule has 4 aromatic rings. The molecule has 3 aromatic carbocycles. The van der Waals surface area contributed by atoms with Gasteiger partial charge >= 0.3 is 5.91 Å². The van der Waals surface area contributed by atoms with E-state index in [9.17, 15) is 14.7 Å². The van der Waals surface area contributed by atoms with Crippen LogP contribution in [0.2, 0.25) is 10.0 Å². The number of anilines is 1. The fourth-order valence-corrected chi connectivity index (χ4v) is 7.28. The fourth-order valence-electron chi connectivity index (χ4n) is 4.86. The molecule has 5 rings (SSSR count). The monoisotopic (exact) mass is 683 g/mol. The van der Waals surface area contributed by atoms with Crippen molar-refractivity contribution in [2.75, 3.05) is 18.6 Å². The summed E-state index contributed by atoms with van der Waals surface area (Å²) in [6.45, 7) is 4.58. The Morgan fingerprint density at radius 2 is 1.80 bits per heavy atom. The Bertz CT molecular complexity index is 1740. The maximum Gasteiger partial charge on any atom is 0.301 e. The highest BCUT2D eigenvalue weighted by atomic mass is 35.5. The van der Waals surface area contributed by atoms with Crippen LogP contribution in [0.3, 0.4) is 0 Å². The number of halogens is 2. The van der Waals surface area contributed by atoms with Crippen molar-refractivity contribution in [1.29, 1.82) is 0 Å². The third-order valence-corrected chi connectivity index (χ3v) is 9.94. The van der Waals surface area contributed by atoms with Crippen molar-refractivity contribution < 1.29 is 24.2 Å². The van der Waals surface area contributed by atoms with E-state index >= 15 is 0 Å². The quantitative estimate of drug-likeness (QED) is 0.0395. The minimum Gasteiger partial charge on any atom is -0.507 e. The van der Waals surface area contributed by atoms with Gasteiger partial charge in [-0.1, -0.05) is 108 Å². The average molecular weight is 685 g/mol. The van der Waals surface area contributed by atoms with Crippen molar-refractivity contribution in [3.8, 4) is 11.5 Å². The number of ether oxygens (including phenoxy) is 2. The Labute approximate surface area is 280 Å². The van der Waals surface area contributed by atoms with Gasteiger partial charge in [-0.15, -0.1) is 10.2 Å². The summed E-state index contributed by atoms with van der Waals surface area (Å²) in [6, 6.07) is 16.6. The molecule has 1 fully saturated rings. The Morgan fingerprint density at radius 1 is 1.02 bits per heavy atom. The molecule has 0 saturated carbocycles. The molecule has 0 aliphatic carbocycles. The molecule has 8 nitrogen and oxygen atoms in total. The number of aliphatic hydroxyl groups excluding tert-OH is 1. The lowest BCUT2D eigenvalue weighted by molar-refractivity contribution is -0.132. The van der Waals surface area contributed by atoms with E-state index in [1.54, 1.807) is 42.5 Å². The Hall–Kier alpha value is -3.57. The summed E-state index contributed by atoms with van der Waals surface area (Å²) in [7, 11) is 1.53. The number of nitrogens with zero attached hydrogens (tertiary/aromatic N) is 3. The van der Waals surface area contributed by atoms with Crippen molar-refractivity contribution >= 4 is 68.9 Å². The van der Waals surface area contributed by atoms with E-state index in [-0.39, 0.29) is 16.5 Å². The molecule has 0 radical (unpaired) electrons. The zero-order chi connectivity index (χ0) is 32.1. The number of unbranched alkanes of at least 4 members (excludes halogenated alkanes) is 2. The van der Waals surface area contributed by atoms with Crippen LogP contribution in [0.4, 0.5) is 5.13 Å². The number of aryl methyl sites for hydroxylation is 1. The smallest absolute Gasteiger partial charge is 0.301 e. The summed E-state index contributed by atoms with van der Waals surface area (Å²) in [4.78, 5) is 28.6. The van der Waals surface area contributed by atoms with Crippen LogP contribution in [0, 0.1) is 6.92 Å². The molecule has 0 bridgehead atoms. The molecular weight excluding hydrogens is 653 g/mol. The van der Waals surface area contributed by atoms with Crippen molar-refractivity contribution in [3.05, 3.63) is 98.5 Å². The first-order valence-corrected chi connectivity index (χ1v) is 16.9. The first kappa shape index (κ1) is 32.8. The average Bonchev–Trinajstić information content (AvgIpc) is 3.60. The minimum atomic E-state index is -0.995. The fraction of sp³-hybridized carbons (Fsp3) is 0.273. The Balaban J connectivity index is 1.53. The second kappa shape index (κ2) is 14.7. The predicted octanol–water partition coefficient (Wildman–Crippen LogP) is 8.65. The van der Waals surface area contributed by atoms with Gasteiger partial charge in [0.05, 0.1) is 25.3 Å². The summed E-state index contributed by atoms with van der Waals surface area (Å²) < 4.78 is 12.2. The molecule has 2 heterocycles. The van der Waals surface area contributed by atoms with Crippen molar-refractivity contribution in [2.45, 2.75) is 49.2 Å². The Kier molecular flexibility index (Phi) is 10.7. The van der Waals surface area contributed by atoms with Gasteiger partial charge in [-0.3, -0.25) is 14.5 Å². The van der Waals surface area contributed by atoms with Crippen LogP contribution in [0.1, 0.15) is 54.5 Å². The first-order valence-electron chi connectivity index (χ1n) is 14.3. The van der Waals surface area contributed by atoms with Crippen molar-refractivity contribution in [3.63, 3.8) is 0 Å². The lowest BCUT2D eigenvalue weighted by Gasteiger charge is -2.23. The summed E-state index contributed by atoms with van der Waals surface area (Å²) in [6.07, 6.45) is 3.02. The number of methoxy groups -OCH3 is 1. The molecule has 0 spiro atoms. The van der Waals surface area contributed by atoms with E-state index in [1.807, 2.05) is 25.1 Å². The number of ketones is 1. The largest absolute Gasteiger partial charge is 0.507 e. The highest BCUT2D eigenvalue weighted by molar-refractivity contribution is 8.00. The SMILES string of the molecule is CCCCCOc1ccc(C2/C(=C(/O)c3ccc(C)cc3)C(=O)C(=O)N2c2nnc(SCc3ccc(Cl)cc3Cl)s2)cc1OC. The van der Waals surface area contributed by atoms with Crippen molar-refractivity contribution in [2.24, 2.45) is 0 Å². The van der Waals surface area contributed by atoms with Gasteiger partial charge in [-0.2, -0.15) is 0 Å². The number of carbonyl (C=O) groups is 2. The number of hydrogen-bond acceptors (Lipinski definition) is 9. The lowest BCUT2D eigenvalue weighted by Crippen LogP contribution is -2.29. The number of amides is 1. The second-order valence-electron chi connectivity index (χ2n) is 10.4. The molecule has 1 atom stereocenters. The standard InChI is InChI=1S/C33H31Cl2N3O5S2/c1-4-5-6-15-43-25-14-12-21(16-26(25)42-3)28-27(29(39)20-9-7-19(2)8-10-20)30(40)31(41)38(28)32-36-37-33(45-32)44-18-22-11-13-23(34)17-24(22)35/h7-14,16-17,28,39H,4-6,15,18H2,1-3H3/b29-27-. The van der Waals surface area contributed by atoms with Gasteiger partial charge in [0.2, 0.25) is 5.13 Å². The van der Waals surface area contributed by atoms with Crippen LogP contribution in [-0.4, -0.2) is 40.7 Å². The number of benzene rings is 3. The Morgan fingerprint density at radius 3 is 2.51 bits per heavy atom. The third-order valence-electron chi connectivity index (χ3n) is 7.25. The molecule has 1 saturated heterocycles. The van der Waals surface area contributed by atoms with Crippen LogP contribution < -0.4 is 14.4 Å². The number of rotatable bonds is 12. The maximum absolute atomic E-state index is 13.7. The van der Waals surface area contributed by atoms with Gasteiger partial charge < -0.3 is 14.6 Å². The molecule has 1 N–H and O–H groups in total. The topological polar surface area (TPSA) is 102 Å². The number of hydrogen-bond donors (Lipinski definition) is 1. The summed E-state index contributed by atoms with van der Waals surface area (Å²) in [5.41, 5.74) is 2.75. The predicted molar refractivity (Wildman–Crippen MR) is 180 cm³/mol. The van der Waals surface area contributed by atoms with Crippen LogP contribution in [0.25, 0.3) is 5.76 Å². The van der Waals surface area contributed by atoms with E-state index in [4.69, 9.17) is 32.7 Å². The van der Waals surface area contributed by atoms with E-state index in [0.717, 1.165) is 30.4 Å². The number of carbonyl (C=O) groups excluding carboxylic acids is 2. The first-order chi connectivity index (χ1) is 21.7. The number of Topliss-reactive ketones (excluding diaryl/α,β-unsaturated/α-hetero) is 1. The van der Waals surface area contributed by atoms with E-state index in [1.165, 1.54) is 35.1 Å². The minimum absolute atomic E-state index is 0.0557. The van der Waals surface area contributed by atoms with Crippen LogP contribution in [-0.2, 0) is 15.3 Å². The molecule has 234 valence electrons.